The minimum atomic E-state index is -4.81. The molecule has 0 spiro atoms. The van der Waals surface area contributed by atoms with Crippen molar-refractivity contribution in [1.29, 1.82) is 0 Å². The van der Waals surface area contributed by atoms with Crippen molar-refractivity contribution >= 4 is 12.4 Å². The Morgan fingerprint density at radius 2 is 1.57 bits per heavy atom. The molecule has 0 aliphatic carbocycles. The molecule has 2 N–H and O–H groups in total. The lowest BCUT2D eigenvalue weighted by atomic mass is 10.0. The zero-order valence-corrected chi connectivity index (χ0v) is 11.0. The highest BCUT2D eigenvalue weighted by Gasteiger charge is 2.44. The predicted octanol–water partition coefficient (Wildman–Crippen LogP) is 4.30. The molecule has 122 valence electrons. The van der Waals surface area contributed by atoms with Crippen LogP contribution in [0, 0.1) is 0 Å². The van der Waals surface area contributed by atoms with Gasteiger partial charge in [-0.15, -0.1) is 12.4 Å². The third-order valence-corrected chi connectivity index (χ3v) is 2.27. The van der Waals surface area contributed by atoms with Gasteiger partial charge in [0.15, 0.2) is 0 Å². The fourth-order valence-electron chi connectivity index (χ4n) is 1.43. The van der Waals surface area contributed by atoms with Crippen LogP contribution < -0.4 is 10.5 Å². The van der Waals surface area contributed by atoms with E-state index in [1.54, 1.807) is 0 Å². The van der Waals surface area contributed by atoms with Gasteiger partial charge in [0.05, 0.1) is 6.42 Å². The second kappa shape index (κ2) is 7.17. The van der Waals surface area contributed by atoms with Crippen LogP contribution in [0.15, 0.2) is 24.3 Å². The Morgan fingerprint density at radius 3 is 2.05 bits per heavy atom. The molecule has 2 nitrogen and oxygen atoms in total. The van der Waals surface area contributed by atoms with Crippen LogP contribution in [0.3, 0.4) is 0 Å². The molecular weight excluding hydrogens is 331 g/mol. The van der Waals surface area contributed by atoms with Gasteiger partial charge < -0.3 is 10.5 Å². The Morgan fingerprint density at radius 1 is 1.05 bits per heavy atom. The number of benzene rings is 1. The molecule has 1 aromatic rings. The van der Waals surface area contributed by atoms with E-state index in [9.17, 15) is 30.7 Å². The fourth-order valence-corrected chi connectivity index (χ4v) is 1.43. The normalized spacial score (nSPS) is 13.8. The van der Waals surface area contributed by atoms with E-state index in [0.29, 0.717) is 0 Å². The number of ether oxygens (including phenoxy) is 1. The summed E-state index contributed by atoms with van der Waals surface area (Å²) < 4.78 is 90.0. The third-order valence-electron chi connectivity index (χ3n) is 2.27. The van der Waals surface area contributed by atoms with Gasteiger partial charge in [0.25, 0.3) is 0 Å². The van der Waals surface area contributed by atoms with Crippen molar-refractivity contribution < 1.29 is 35.5 Å². The molecule has 0 fully saturated rings. The molecule has 0 aromatic heterocycles. The fraction of sp³-hybridized carbons (Fsp3) is 0.455. The number of nitrogens with two attached hydrogens (primary N) is 1. The van der Waals surface area contributed by atoms with Gasteiger partial charge in [-0.05, 0) is 6.07 Å². The Balaban J connectivity index is 0.00000400. The number of halogens is 8. The first-order valence-electron chi connectivity index (χ1n) is 5.29. The van der Waals surface area contributed by atoms with Gasteiger partial charge in [-0.2, -0.15) is 30.7 Å². The molecule has 0 heterocycles. The first-order chi connectivity index (χ1) is 9.03. The molecule has 0 unspecified atom stereocenters. The summed E-state index contributed by atoms with van der Waals surface area (Å²) >= 11 is 0. The summed E-state index contributed by atoms with van der Waals surface area (Å²) in [4.78, 5) is 0. The van der Waals surface area contributed by atoms with Crippen LogP contribution in [0.1, 0.15) is 18.0 Å². The van der Waals surface area contributed by atoms with E-state index in [1.807, 2.05) is 0 Å². The second-order valence-corrected chi connectivity index (χ2v) is 3.93. The highest BCUT2D eigenvalue weighted by Crippen LogP contribution is 2.35. The maximum absolute atomic E-state index is 12.8. The molecule has 10 heteroatoms. The van der Waals surface area contributed by atoms with E-state index in [-0.39, 0.29) is 12.4 Å². The first-order valence-corrected chi connectivity index (χ1v) is 5.29. The van der Waals surface area contributed by atoms with Crippen molar-refractivity contribution in [3.05, 3.63) is 29.8 Å². The number of para-hydroxylation sites is 1. The Hall–Kier alpha value is -1.22. The van der Waals surface area contributed by atoms with Gasteiger partial charge in [-0.25, -0.2) is 0 Å². The Bertz CT molecular complexity index is 452. The molecule has 0 radical (unpaired) electrons. The Kier molecular flexibility index (Phi) is 6.75. The lowest BCUT2D eigenvalue weighted by molar-refractivity contribution is -0.253. The summed E-state index contributed by atoms with van der Waals surface area (Å²) in [6.07, 6.45) is -15.0. The summed E-state index contributed by atoms with van der Waals surface area (Å²) in [6.45, 7) is 0. The van der Waals surface area contributed by atoms with Gasteiger partial charge in [0.2, 0.25) is 0 Å². The Labute approximate surface area is 121 Å². The quantitative estimate of drug-likeness (QED) is 0.811. The highest BCUT2D eigenvalue weighted by atomic mass is 35.5. The van der Waals surface area contributed by atoms with Crippen molar-refractivity contribution in [1.82, 2.24) is 0 Å². The van der Waals surface area contributed by atoms with E-state index in [2.05, 4.69) is 4.74 Å². The average molecular weight is 342 g/mol. The zero-order chi connectivity index (χ0) is 15.6. The lowest BCUT2D eigenvalue weighted by Crippen LogP contribution is -2.34. The molecule has 1 aromatic carbocycles. The van der Waals surface area contributed by atoms with Gasteiger partial charge >= 0.3 is 18.7 Å². The zero-order valence-electron chi connectivity index (χ0n) is 10.2. The molecule has 0 saturated heterocycles. The predicted molar refractivity (Wildman–Crippen MR) is 62.9 cm³/mol. The van der Waals surface area contributed by atoms with Crippen LogP contribution in [0.4, 0.5) is 30.7 Å². The molecule has 0 bridgehead atoms. The molecule has 1 rings (SSSR count). The monoisotopic (exact) mass is 341 g/mol. The van der Waals surface area contributed by atoms with Crippen LogP contribution in [0.25, 0.3) is 0 Å². The highest BCUT2D eigenvalue weighted by molar-refractivity contribution is 5.85. The number of rotatable bonds is 5. The van der Waals surface area contributed by atoms with Crippen LogP contribution in [0.2, 0.25) is 0 Å². The molecule has 0 saturated carbocycles. The third kappa shape index (κ3) is 5.96. The average Bonchev–Trinajstić information content (AvgIpc) is 2.26. The summed E-state index contributed by atoms with van der Waals surface area (Å²) in [5.41, 5.74) is 4.82. The van der Waals surface area contributed by atoms with Gasteiger partial charge in [0.1, 0.15) is 5.75 Å². The van der Waals surface area contributed by atoms with Gasteiger partial charge in [-0.1, -0.05) is 18.2 Å². The van der Waals surface area contributed by atoms with Crippen LogP contribution >= 0.6 is 12.4 Å². The van der Waals surface area contributed by atoms with Gasteiger partial charge in [0, 0.05) is 11.6 Å². The minimum absolute atomic E-state index is 0. The van der Waals surface area contributed by atoms with Crippen molar-refractivity contribution in [2.75, 3.05) is 0 Å². The van der Waals surface area contributed by atoms with Crippen LogP contribution in [0.5, 0.6) is 5.75 Å². The molecule has 0 aliphatic heterocycles. The number of alkyl halides is 7. The topological polar surface area (TPSA) is 35.2 Å². The van der Waals surface area contributed by atoms with E-state index >= 15 is 0 Å². The summed E-state index contributed by atoms with van der Waals surface area (Å²) in [5, 5.41) is 0. The summed E-state index contributed by atoms with van der Waals surface area (Å²) in [7, 11) is 0. The minimum Gasteiger partial charge on any atom is -0.428 e. The molecule has 0 aliphatic rings. The lowest BCUT2D eigenvalue weighted by Gasteiger charge is -2.22. The maximum atomic E-state index is 12.8. The van der Waals surface area contributed by atoms with Crippen molar-refractivity contribution in [2.24, 2.45) is 5.73 Å². The van der Waals surface area contributed by atoms with Crippen molar-refractivity contribution in [3.8, 4) is 5.75 Å². The van der Waals surface area contributed by atoms with E-state index < -0.39 is 42.5 Å². The van der Waals surface area contributed by atoms with E-state index in [1.165, 1.54) is 6.07 Å². The standard InChI is InChI=1S/C11H10F7NO.ClH/c12-9(13)11(17,18)20-8-4-2-1-3-6(8)7(19)5-10(14,15)16;/h1-4,7,9H,5,19H2;1H/t7-;/m1./s1. The van der Waals surface area contributed by atoms with Crippen molar-refractivity contribution in [2.45, 2.75) is 31.2 Å². The molecule has 21 heavy (non-hydrogen) atoms. The summed E-state index contributed by atoms with van der Waals surface area (Å²) in [6, 6.07) is 2.55. The largest absolute Gasteiger partial charge is 0.461 e. The summed E-state index contributed by atoms with van der Waals surface area (Å²) in [5.74, 6) is -0.811. The van der Waals surface area contributed by atoms with Crippen LogP contribution in [-0.4, -0.2) is 18.7 Å². The van der Waals surface area contributed by atoms with Crippen molar-refractivity contribution in [3.63, 3.8) is 0 Å². The molecule has 0 amide bonds. The van der Waals surface area contributed by atoms with Gasteiger partial charge in [-0.3, -0.25) is 0 Å². The second-order valence-electron chi connectivity index (χ2n) is 3.93. The molecule has 1 atom stereocenters. The maximum Gasteiger partial charge on any atom is 0.461 e. The molecular formula is C11H11ClF7NO. The van der Waals surface area contributed by atoms with E-state index in [4.69, 9.17) is 5.73 Å². The number of hydrogen-bond donors (Lipinski definition) is 1. The SMILES string of the molecule is Cl.N[C@H](CC(F)(F)F)c1ccccc1OC(F)(F)C(F)F. The number of hydrogen-bond acceptors (Lipinski definition) is 2. The van der Waals surface area contributed by atoms with Crippen LogP contribution in [-0.2, 0) is 0 Å². The van der Waals surface area contributed by atoms with E-state index in [0.717, 1.165) is 18.2 Å². The first kappa shape index (κ1) is 19.8. The smallest absolute Gasteiger partial charge is 0.428 e.